The minimum atomic E-state index is -0.664. The number of hydrogen-bond donors (Lipinski definition) is 0. The summed E-state index contributed by atoms with van der Waals surface area (Å²) in [6.45, 7) is 2.93. The lowest BCUT2D eigenvalue weighted by Gasteiger charge is -2.08. The highest BCUT2D eigenvalue weighted by atomic mass is 16.5. The third-order valence-corrected chi connectivity index (χ3v) is 3.32. The van der Waals surface area contributed by atoms with Crippen LogP contribution in [0.1, 0.15) is 56.9 Å². The van der Waals surface area contributed by atoms with Gasteiger partial charge in [0.1, 0.15) is 18.3 Å². The molecule has 0 fully saturated rings. The van der Waals surface area contributed by atoms with E-state index in [9.17, 15) is 9.59 Å². The monoisotopic (exact) mass is 276 g/mol. The second kappa shape index (κ2) is 10.2. The number of carbonyl (C=O) groups is 2. The maximum atomic E-state index is 10.7. The molecule has 0 aliphatic rings. The summed E-state index contributed by atoms with van der Waals surface area (Å²) in [6.07, 6.45) is 8.74. The van der Waals surface area contributed by atoms with Gasteiger partial charge in [-0.1, -0.05) is 51.2 Å². The molecule has 0 saturated carbocycles. The summed E-state index contributed by atoms with van der Waals surface area (Å²) in [6, 6.07) is 7.16. The highest BCUT2D eigenvalue weighted by Crippen LogP contribution is 2.17. The van der Waals surface area contributed by atoms with Crippen molar-refractivity contribution in [1.82, 2.24) is 0 Å². The SMILES string of the molecule is CCCCCCCCOc1ccc(C(C=O)C=O)cc1. The molecule has 1 aromatic carbocycles. The van der Waals surface area contributed by atoms with Crippen molar-refractivity contribution in [2.75, 3.05) is 6.61 Å². The van der Waals surface area contributed by atoms with Crippen LogP contribution in [0.2, 0.25) is 0 Å². The van der Waals surface area contributed by atoms with E-state index in [1.54, 1.807) is 12.1 Å². The quantitative estimate of drug-likeness (QED) is 0.349. The second-order valence-corrected chi connectivity index (χ2v) is 4.98. The van der Waals surface area contributed by atoms with Crippen LogP contribution in [0.25, 0.3) is 0 Å². The number of hydrogen-bond acceptors (Lipinski definition) is 3. The fraction of sp³-hybridized carbons (Fsp3) is 0.529. The van der Waals surface area contributed by atoms with E-state index in [0.29, 0.717) is 18.1 Å². The van der Waals surface area contributed by atoms with Crippen molar-refractivity contribution in [3.05, 3.63) is 29.8 Å². The summed E-state index contributed by atoms with van der Waals surface area (Å²) in [5, 5.41) is 0. The zero-order valence-corrected chi connectivity index (χ0v) is 12.2. The van der Waals surface area contributed by atoms with Crippen LogP contribution in [0, 0.1) is 0 Å². The highest BCUT2D eigenvalue weighted by Gasteiger charge is 2.08. The van der Waals surface area contributed by atoms with E-state index in [-0.39, 0.29) is 0 Å². The summed E-state index contributed by atoms with van der Waals surface area (Å²) in [4.78, 5) is 21.4. The molecule has 0 aromatic heterocycles. The third kappa shape index (κ3) is 6.00. The zero-order chi connectivity index (χ0) is 14.6. The largest absolute Gasteiger partial charge is 0.494 e. The van der Waals surface area contributed by atoms with Crippen molar-refractivity contribution < 1.29 is 14.3 Å². The maximum absolute atomic E-state index is 10.7. The molecule has 0 aliphatic carbocycles. The van der Waals surface area contributed by atoms with Crippen molar-refractivity contribution in [2.24, 2.45) is 0 Å². The summed E-state index contributed by atoms with van der Waals surface area (Å²) >= 11 is 0. The minimum absolute atomic E-state index is 0.652. The summed E-state index contributed by atoms with van der Waals surface area (Å²) in [5.74, 6) is 0.125. The minimum Gasteiger partial charge on any atom is -0.494 e. The maximum Gasteiger partial charge on any atom is 0.134 e. The Morgan fingerprint density at radius 1 is 0.950 bits per heavy atom. The predicted molar refractivity (Wildman–Crippen MR) is 80.2 cm³/mol. The molecule has 0 atom stereocenters. The molecule has 0 aliphatic heterocycles. The molecule has 3 heteroatoms. The van der Waals surface area contributed by atoms with E-state index < -0.39 is 5.92 Å². The van der Waals surface area contributed by atoms with E-state index >= 15 is 0 Å². The van der Waals surface area contributed by atoms with E-state index in [4.69, 9.17) is 4.74 Å². The van der Waals surface area contributed by atoms with Crippen LogP contribution in [0.3, 0.4) is 0 Å². The van der Waals surface area contributed by atoms with Gasteiger partial charge in [-0.15, -0.1) is 0 Å². The number of rotatable bonds is 11. The van der Waals surface area contributed by atoms with Gasteiger partial charge in [-0.05, 0) is 24.1 Å². The van der Waals surface area contributed by atoms with Crippen molar-refractivity contribution in [1.29, 1.82) is 0 Å². The van der Waals surface area contributed by atoms with Crippen molar-refractivity contribution >= 4 is 12.6 Å². The van der Waals surface area contributed by atoms with Gasteiger partial charge in [0.05, 0.1) is 12.5 Å². The Kier molecular flexibility index (Phi) is 8.36. The average Bonchev–Trinajstić information content (AvgIpc) is 2.49. The molecular weight excluding hydrogens is 252 g/mol. The van der Waals surface area contributed by atoms with Gasteiger partial charge >= 0.3 is 0 Å². The van der Waals surface area contributed by atoms with Crippen molar-refractivity contribution in [2.45, 2.75) is 51.4 Å². The number of benzene rings is 1. The Bertz CT molecular complexity index is 376. The third-order valence-electron chi connectivity index (χ3n) is 3.32. The Morgan fingerprint density at radius 3 is 2.15 bits per heavy atom. The van der Waals surface area contributed by atoms with E-state index in [1.807, 2.05) is 12.1 Å². The summed E-state index contributed by atoms with van der Waals surface area (Å²) in [5.41, 5.74) is 0.710. The normalized spacial score (nSPS) is 10.5. The molecule has 0 heterocycles. The fourth-order valence-electron chi connectivity index (χ4n) is 2.05. The molecule has 0 N–H and O–H groups in total. The van der Waals surface area contributed by atoms with Crippen LogP contribution in [0.5, 0.6) is 5.75 Å². The predicted octanol–water partition coefficient (Wildman–Crippen LogP) is 3.91. The molecule has 0 saturated heterocycles. The summed E-state index contributed by atoms with van der Waals surface area (Å²) < 4.78 is 5.64. The van der Waals surface area contributed by atoms with Gasteiger partial charge in [0.15, 0.2) is 0 Å². The highest BCUT2D eigenvalue weighted by molar-refractivity contribution is 5.84. The first-order valence-corrected chi connectivity index (χ1v) is 7.45. The number of unbranched alkanes of at least 4 members (excludes halogenated alkanes) is 5. The lowest BCUT2D eigenvalue weighted by molar-refractivity contribution is -0.116. The lowest BCUT2D eigenvalue weighted by Crippen LogP contribution is -2.02. The molecular formula is C17H24O3. The van der Waals surface area contributed by atoms with Gasteiger partial charge in [0.25, 0.3) is 0 Å². The van der Waals surface area contributed by atoms with Crippen molar-refractivity contribution in [3.63, 3.8) is 0 Å². The lowest BCUT2D eigenvalue weighted by atomic mass is 10.0. The molecule has 0 bridgehead atoms. The topological polar surface area (TPSA) is 43.4 Å². The van der Waals surface area contributed by atoms with Gasteiger partial charge < -0.3 is 14.3 Å². The Morgan fingerprint density at radius 2 is 1.55 bits per heavy atom. The van der Waals surface area contributed by atoms with Crippen LogP contribution in [-0.2, 0) is 9.59 Å². The number of aldehydes is 2. The van der Waals surface area contributed by atoms with E-state index in [0.717, 1.165) is 18.8 Å². The molecule has 0 amide bonds. The fourth-order valence-corrected chi connectivity index (χ4v) is 2.05. The van der Waals surface area contributed by atoms with Crippen LogP contribution >= 0.6 is 0 Å². The van der Waals surface area contributed by atoms with Crippen LogP contribution in [-0.4, -0.2) is 19.2 Å². The average molecular weight is 276 g/mol. The molecule has 0 spiro atoms. The molecule has 0 radical (unpaired) electrons. The molecule has 20 heavy (non-hydrogen) atoms. The molecule has 110 valence electrons. The van der Waals surface area contributed by atoms with Crippen molar-refractivity contribution in [3.8, 4) is 5.75 Å². The Hall–Kier alpha value is -1.64. The number of ether oxygens (including phenoxy) is 1. The second-order valence-electron chi connectivity index (χ2n) is 4.98. The van der Waals surface area contributed by atoms with E-state index in [2.05, 4.69) is 6.92 Å². The van der Waals surface area contributed by atoms with E-state index in [1.165, 1.54) is 32.1 Å². The van der Waals surface area contributed by atoms with Gasteiger partial charge in [-0.25, -0.2) is 0 Å². The van der Waals surface area contributed by atoms with Crippen LogP contribution in [0.15, 0.2) is 24.3 Å². The first-order chi connectivity index (χ1) is 9.81. The first kappa shape index (κ1) is 16.4. The summed E-state index contributed by atoms with van der Waals surface area (Å²) in [7, 11) is 0. The number of carbonyl (C=O) groups excluding carboxylic acids is 2. The van der Waals surface area contributed by atoms with Crippen LogP contribution < -0.4 is 4.74 Å². The molecule has 1 aromatic rings. The Balaban J connectivity index is 2.24. The molecule has 1 rings (SSSR count). The van der Waals surface area contributed by atoms with Gasteiger partial charge in [0, 0.05) is 0 Å². The molecule has 0 unspecified atom stereocenters. The first-order valence-electron chi connectivity index (χ1n) is 7.45. The zero-order valence-electron chi connectivity index (χ0n) is 12.2. The van der Waals surface area contributed by atoms with Gasteiger partial charge in [-0.3, -0.25) is 0 Å². The van der Waals surface area contributed by atoms with Gasteiger partial charge in [0.2, 0.25) is 0 Å². The Labute approximate surface area is 121 Å². The standard InChI is InChI=1S/C17H24O3/c1-2-3-4-5-6-7-12-20-17-10-8-15(9-11-17)16(13-18)14-19/h8-11,13-14,16H,2-7,12H2,1H3. The van der Waals surface area contributed by atoms with Crippen LogP contribution in [0.4, 0.5) is 0 Å². The molecule has 3 nitrogen and oxygen atoms in total. The smallest absolute Gasteiger partial charge is 0.134 e. The van der Waals surface area contributed by atoms with Gasteiger partial charge in [-0.2, -0.15) is 0 Å².